The van der Waals surface area contributed by atoms with Crippen LogP contribution in [0, 0.1) is 5.82 Å². The first-order chi connectivity index (χ1) is 12.0. The predicted octanol–water partition coefficient (Wildman–Crippen LogP) is 3.21. The van der Waals surface area contributed by atoms with Gasteiger partial charge < -0.3 is 10.1 Å². The van der Waals surface area contributed by atoms with Gasteiger partial charge in [0.2, 0.25) is 0 Å². The lowest BCUT2D eigenvalue weighted by molar-refractivity contribution is -0.147. The summed E-state index contributed by atoms with van der Waals surface area (Å²) in [5.41, 5.74) is 0.923. The van der Waals surface area contributed by atoms with Crippen molar-refractivity contribution < 1.29 is 18.7 Å². The summed E-state index contributed by atoms with van der Waals surface area (Å²) >= 11 is 1.38. The third-order valence-electron chi connectivity index (χ3n) is 3.38. The molecule has 2 aromatic rings. The van der Waals surface area contributed by atoms with Crippen LogP contribution in [0.5, 0.6) is 0 Å². The summed E-state index contributed by atoms with van der Waals surface area (Å²) in [4.78, 5) is 24.6. The molecule has 1 atom stereocenters. The van der Waals surface area contributed by atoms with E-state index in [0.717, 1.165) is 10.5 Å². The van der Waals surface area contributed by atoms with Crippen molar-refractivity contribution in [2.75, 3.05) is 13.2 Å². The number of carbonyl (C=O) groups excluding carboxylic acids is 2. The van der Waals surface area contributed by atoms with Crippen LogP contribution >= 0.6 is 11.8 Å². The van der Waals surface area contributed by atoms with Crippen LogP contribution in [-0.4, -0.2) is 30.3 Å². The molecule has 132 valence electrons. The Morgan fingerprint density at radius 2 is 1.80 bits per heavy atom. The van der Waals surface area contributed by atoms with Crippen LogP contribution in [0.1, 0.15) is 12.5 Å². The van der Waals surface area contributed by atoms with E-state index >= 15 is 0 Å². The van der Waals surface area contributed by atoms with Gasteiger partial charge in [0.25, 0.3) is 5.91 Å². The second kappa shape index (κ2) is 9.84. The fourth-order valence-corrected chi connectivity index (χ4v) is 2.94. The maximum atomic E-state index is 12.8. The van der Waals surface area contributed by atoms with E-state index in [2.05, 4.69) is 5.32 Å². The molecule has 2 rings (SSSR count). The molecular weight excluding hydrogens is 341 g/mol. The summed E-state index contributed by atoms with van der Waals surface area (Å²) in [5.74, 6) is -1.07. The standard InChI is InChI=1S/C19H20FNO3S/c1-14(25-17-5-3-2-4-6-17)19(23)24-13-18(22)21-12-11-15-7-9-16(20)10-8-15/h2-10,14H,11-13H2,1H3,(H,21,22)/t14-/m1/s1. The van der Waals surface area contributed by atoms with E-state index in [9.17, 15) is 14.0 Å². The summed E-state index contributed by atoms with van der Waals surface area (Å²) in [6.45, 7) is 1.84. The lowest BCUT2D eigenvalue weighted by Gasteiger charge is -2.11. The van der Waals surface area contributed by atoms with Gasteiger partial charge in [-0.15, -0.1) is 11.8 Å². The smallest absolute Gasteiger partial charge is 0.319 e. The average molecular weight is 361 g/mol. The molecule has 0 fully saturated rings. The number of ether oxygens (including phenoxy) is 1. The highest BCUT2D eigenvalue weighted by molar-refractivity contribution is 8.00. The number of benzene rings is 2. The van der Waals surface area contributed by atoms with Crippen LogP contribution < -0.4 is 5.32 Å². The molecule has 0 radical (unpaired) electrons. The maximum absolute atomic E-state index is 12.8. The molecule has 0 aliphatic heterocycles. The van der Waals surface area contributed by atoms with E-state index in [1.54, 1.807) is 19.1 Å². The van der Waals surface area contributed by atoms with Gasteiger partial charge in [-0.25, -0.2) is 4.39 Å². The van der Waals surface area contributed by atoms with Crippen LogP contribution in [0.25, 0.3) is 0 Å². The normalized spacial score (nSPS) is 11.6. The topological polar surface area (TPSA) is 55.4 Å². The van der Waals surface area contributed by atoms with E-state index in [1.807, 2.05) is 30.3 Å². The number of hydrogen-bond donors (Lipinski definition) is 1. The van der Waals surface area contributed by atoms with Crippen molar-refractivity contribution in [2.24, 2.45) is 0 Å². The molecule has 0 bridgehead atoms. The van der Waals surface area contributed by atoms with Crippen molar-refractivity contribution in [1.82, 2.24) is 5.32 Å². The molecule has 0 aromatic heterocycles. The Hall–Kier alpha value is -2.34. The highest BCUT2D eigenvalue weighted by atomic mass is 32.2. The minimum absolute atomic E-state index is 0.290. The van der Waals surface area contributed by atoms with Crippen molar-refractivity contribution in [3.8, 4) is 0 Å². The predicted molar refractivity (Wildman–Crippen MR) is 95.8 cm³/mol. The Labute approximate surface area is 150 Å². The Morgan fingerprint density at radius 1 is 1.12 bits per heavy atom. The molecule has 0 heterocycles. The molecule has 1 amide bonds. The van der Waals surface area contributed by atoms with Gasteiger partial charge in [0, 0.05) is 11.4 Å². The molecule has 0 saturated heterocycles. The van der Waals surface area contributed by atoms with Crippen LogP contribution in [0.4, 0.5) is 4.39 Å². The Morgan fingerprint density at radius 3 is 2.48 bits per heavy atom. The van der Waals surface area contributed by atoms with Gasteiger partial charge >= 0.3 is 5.97 Å². The summed E-state index contributed by atoms with van der Waals surface area (Å²) in [7, 11) is 0. The highest BCUT2D eigenvalue weighted by Gasteiger charge is 2.17. The van der Waals surface area contributed by atoms with Gasteiger partial charge in [-0.3, -0.25) is 9.59 Å². The fraction of sp³-hybridized carbons (Fsp3) is 0.263. The SMILES string of the molecule is C[C@@H](Sc1ccccc1)C(=O)OCC(=O)NCCc1ccc(F)cc1. The average Bonchev–Trinajstić information content (AvgIpc) is 2.62. The summed E-state index contributed by atoms with van der Waals surface area (Å²) < 4.78 is 17.8. The Kier molecular flexibility index (Phi) is 7.47. The van der Waals surface area contributed by atoms with Crippen LogP contribution in [0.2, 0.25) is 0 Å². The summed E-state index contributed by atoms with van der Waals surface area (Å²) in [5, 5.41) is 2.28. The number of halogens is 1. The first kappa shape index (κ1) is 19.0. The van der Waals surface area contributed by atoms with Crippen LogP contribution in [-0.2, 0) is 20.7 Å². The number of hydrogen-bond acceptors (Lipinski definition) is 4. The molecule has 0 aliphatic rings. The Balaban J connectivity index is 1.65. The van der Waals surface area contributed by atoms with Gasteiger partial charge in [0.1, 0.15) is 11.1 Å². The van der Waals surface area contributed by atoms with Crippen LogP contribution in [0.15, 0.2) is 59.5 Å². The van der Waals surface area contributed by atoms with E-state index in [-0.39, 0.29) is 18.3 Å². The monoisotopic (exact) mass is 361 g/mol. The zero-order chi connectivity index (χ0) is 18.1. The minimum Gasteiger partial charge on any atom is -0.455 e. The molecule has 0 spiro atoms. The molecule has 0 saturated carbocycles. The number of rotatable bonds is 8. The zero-order valence-corrected chi connectivity index (χ0v) is 14.7. The van der Waals surface area contributed by atoms with E-state index in [4.69, 9.17) is 4.74 Å². The Bertz CT molecular complexity index is 692. The molecule has 1 N–H and O–H groups in total. The highest BCUT2D eigenvalue weighted by Crippen LogP contribution is 2.23. The van der Waals surface area contributed by atoms with Crippen molar-refractivity contribution in [3.63, 3.8) is 0 Å². The van der Waals surface area contributed by atoms with Crippen molar-refractivity contribution in [2.45, 2.75) is 23.5 Å². The second-order valence-corrected chi connectivity index (χ2v) is 6.82. The zero-order valence-electron chi connectivity index (χ0n) is 13.9. The van der Waals surface area contributed by atoms with Gasteiger partial charge in [0.05, 0.1) is 0 Å². The van der Waals surface area contributed by atoms with Gasteiger partial charge in [-0.2, -0.15) is 0 Å². The van der Waals surface area contributed by atoms with Crippen molar-refractivity contribution in [1.29, 1.82) is 0 Å². The molecule has 0 aliphatic carbocycles. The minimum atomic E-state index is -0.428. The van der Waals surface area contributed by atoms with Crippen LogP contribution in [0.3, 0.4) is 0 Å². The molecule has 2 aromatic carbocycles. The van der Waals surface area contributed by atoms with E-state index < -0.39 is 11.2 Å². The van der Waals surface area contributed by atoms with E-state index in [0.29, 0.717) is 13.0 Å². The lowest BCUT2D eigenvalue weighted by Crippen LogP contribution is -2.31. The third kappa shape index (κ3) is 6.97. The quantitative estimate of drug-likeness (QED) is 0.579. The molecular formula is C19H20FNO3S. The number of carbonyl (C=O) groups is 2. The van der Waals surface area contributed by atoms with Crippen molar-refractivity contribution >= 4 is 23.6 Å². The largest absolute Gasteiger partial charge is 0.455 e. The first-order valence-corrected chi connectivity index (χ1v) is 8.82. The molecule has 4 nitrogen and oxygen atoms in total. The molecule has 0 unspecified atom stereocenters. The lowest BCUT2D eigenvalue weighted by atomic mass is 10.1. The fourth-order valence-electron chi connectivity index (χ4n) is 2.05. The number of amides is 1. The summed E-state index contributed by atoms with van der Waals surface area (Å²) in [6, 6.07) is 15.6. The summed E-state index contributed by atoms with van der Waals surface area (Å²) in [6.07, 6.45) is 0.584. The molecule has 25 heavy (non-hydrogen) atoms. The van der Waals surface area contributed by atoms with Gasteiger partial charge in [-0.1, -0.05) is 30.3 Å². The first-order valence-electron chi connectivity index (χ1n) is 7.94. The third-order valence-corrected chi connectivity index (χ3v) is 4.47. The van der Waals surface area contributed by atoms with Crippen molar-refractivity contribution in [3.05, 3.63) is 66.0 Å². The maximum Gasteiger partial charge on any atom is 0.319 e. The number of esters is 1. The molecule has 6 heteroatoms. The van der Waals surface area contributed by atoms with E-state index in [1.165, 1.54) is 23.9 Å². The van der Waals surface area contributed by atoms with Gasteiger partial charge in [-0.05, 0) is 43.2 Å². The van der Waals surface area contributed by atoms with Gasteiger partial charge in [0.15, 0.2) is 6.61 Å². The second-order valence-electron chi connectivity index (χ2n) is 5.41. The number of thioether (sulfide) groups is 1. The number of nitrogens with one attached hydrogen (secondary N) is 1.